The second-order valence-electron chi connectivity index (χ2n) is 9.75. The number of nitrogens with one attached hydrogen (secondary N) is 1. The molecule has 1 aromatic heterocycles. The molecule has 0 spiro atoms. The van der Waals surface area contributed by atoms with Crippen molar-refractivity contribution in [3.8, 4) is 5.75 Å². The lowest BCUT2D eigenvalue weighted by Crippen LogP contribution is -2.41. The zero-order valence-electron chi connectivity index (χ0n) is 20.2. The molecule has 2 amide bonds. The first-order chi connectivity index (χ1) is 17.0. The van der Waals surface area contributed by atoms with Crippen molar-refractivity contribution in [1.82, 2.24) is 15.2 Å². The molecule has 1 aliphatic heterocycles. The van der Waals surface area contributed by atoms with Crippen LogP contribution in [0.4, 0.5) is 0 Å². The molecule has 6 nitrogen and oxygen atoms in total. The van der Waals surface area contributed by atoms with E-state index in [1.54, 1.807) is 5.38 Å². The first-order valence-corrected chi connectivity index (χ1v) is 13.2. The number of rotatable bonds is 8. The number of nitrogens with zero attached hydrogens (tertiary/aromatic N) is 2. The summed E-state index contributed by atoms with van der Waals surface area (Å²) in [6.45, 7) is 5.77. The average molecular weight is 490 g/mol. The summed E-state index contributed by atoms with van der Waals surface area (Å²) in [5.41, 5.74) is 3.93. The van der Waals surface area contributed by atoms with Crippen LogP contribution >= 0.6 is 11.3 Å². The molecular weight excluding hydrogens is 458 g/mol. The fourth-order valence-electron chi connectivity index (χ4n) is 4.49. The van der Waals surface area contributed by atoms with Gasteiger partial charge in [-0.15, -0.1) is 11.3 Å². The summed E-state index contributed by atoms with van der Waals surface area (Å²) < 4.78 is 6.10. The van der Waals surface area contributed by atoms with Crippen LogP contribution in [-0.2, 0) is 17.8 Å². The van der Waals surface area contributed by atoms with E-state index in [4.69, 9.17) is 4.74 Å². The third-order valence-electron chi connectivity index (χ3n) is 6.49. The standard InChI is InChI=1S/C28H31N3O3S/c1-18(2)15-29-27(32)24-17-35-25(30-24)16-34-22-11-10-19-12-13-31(28(33)21-8-9-21)26(23(19)14-22)20-6-4-3-5-7-20/h3-7,10-11,14,17-18,21,26H,8-9,12-13,15-16H2,1-2H3,(H,29,32)/t26-/m0/s1. The third-order valence-corrected chi connectivity index (χ3v) is 7.31. The number of amides is 2. The van der Waals surface area contributed by atoms with Crippen molar-refractivity contribution in [2.45, 2.75) is 45.8 Å². The van der Waals surface area contributed by atoms with Crippen LogP contribution in [0.5, 0.6) is 5.75 Å². The summed E-state index contributed by atoms with van der Waals surface area (Å²) >= 11 is 1.42. The quantitative estimate of drug-likeness (QED) is 0.484. The molecule has 1 saturated carbocycles. The summed E-state index contributed by atoms with van der Waals surface area (Å²) in [5.74, 6) is 1.42. The van der Waals surface area contributed by atoms with Crippen molar-refractivity contribution in [2.24, 2.45) is 11.8 Å². The van der Waals surface area contributed by atoms with Gasteiger partial charge in [0.2, 0.25) is 5.91 Å². The predicted molar refractivity (Wildman–Crippen MR) is 136 cm³/mol. The molecule has 5 rings (SSSR count). The number of carbonyl (C=O) groups is 2. The number of hydrogen-bond donors (Lipinski definition) is 1. The topological polar surface area (TPSA) is 71.5 Å². The fourth-order valence-corrected chi connectivity index (χ4v) is 5.18. The number of thiazole rings is 1. The van der Waals surface area contributed by atoms with Gasteiger partial charge in [-0.1, -0.05) is 50.2 Å². The third kappa shape index (κ3) is 5.40. The van der Waals surface area contributed by atoms with Crippen LogP contribution in [0, 0.1) is 11.8 Å². The summed E-state index contributed by atoms with van der Waals surface area (Å²) in [6.07, 6.45) is 2.84. The van der Waals surface area contributed by atoms with Gasteiger partial charge < -0.3 is 15.0 Å². The molecule has 182 valence electrons. The maximum absolute atomic E-state index is 13.1. The molecule has 3 aromatic rings. The Bertz CT molecular complexity index is 1200. The zero-order valence-corrected chi connectivity index (χ0v) is 21.0. The maximum Gasteiger partial charge on any atom is 0.270 e. The van der Waals surface area contributed by atoms with Crippen molar-refractivity contribution < 1.29 is 14.3 Å². The van der Waals surface area contributed by atoms with E-state index in [2.05, 4.69) is 53.3 Å². The lowest BCUT2D eigenvalue weighted by Gasteiger charge is -2.38. The van der Waals surface area contributed by atoms with E-state index in [9.17, 15) is 9.59 Å². The van der Waals surface area contributed by atoms with Crippen molar-refractivity contribution in [3.05, 3.63) is 81.3 Å². The molecular formula is C28H31N3O3S. The van der Waals surface area contributed by atoms with Crippen LogP contribution in [-0.4, -0.2) is 34.8 Å². The molecule has 1 N–H and O–H groups in total. The van der Waals surface area contributed by atoms with Crippen LogP contribution < -0.4 is 10.1 Å². The Morgan fingerprint density at radius 3 is 2.71 bits per heavy atom. The number of benzene rings is 2. The Balaban J connectivity index is 1.34. The van der Waals surface area contributed by atoms with Crippen molar-refractivity contribution in [3.63, 3.8) is 0 Å². The normalized spacial score (nSPS) is 17.2. The Labute approximate surface area is 210 Å². The van der Waals surface area contributed by atoms with Gasteiger partial charge in [0.15, 0.2) is 0 Å². The molecule has 1 fully saturated rings. The minimum atomic E-state index is -0.152. The number of fused-ring (bicyclic) bond motifs is 1. The smallest absolute Gasteiger partial charge is 0.270 e. The fraction of sp³-hybridized carbons (Fsp3) is 0.393. The summed E-state index contributed by atoms with van der Waals surface area (Å²) in [6, 6.07) is 16.3. The Morgan fingerprint density at radius 1 is 1.17 bits per heavy atom. The molecule has 2 aromatic carbocycles. The van der Waals surface area contributed by atoms with Crippen LogP contribution in [0.2, 0.25) is 0 Å². The van der Waals surface area contributed by atoms with E-state index < -0.39 is 0 Å². The van der Waals surface area contributed by atoms with Gasteiger partial charge in [0, 0.05) is 24.4 Å². The van der Waals surface area contributed by atoms with E-state index in [1.807, 2.05) is 24.3 Å². The monoisotopic (exact) mass is 489 g/mol. The minimum Gasteiger partial charge on any atom is -0.486 e. The molecule has 0 unspecified atom stereocenters. The summed E-state index contributed by atoms with van der Waals surface area (Å²) in [4.78, 5) is 31.9. The first-order valence-electron chi connectivity index (χ1n) is 12.3. The van der Waals surface area contributed by atoms with E-state index in [0.717, 1.165) is 47.7 Å². The highest BCUT2D eigenvalue weighted by molar-refractivity contribution is 7.09. The highest BCUT2D eigenvalue weighted by Crippen LogP contribution is 2.41. The largest absolute Gasteiger partial charge is 0.486 e. The van der Waals surface area contributed by atoms with Crippen molar-refractivity contribution in [2.75, 3.05) is 13.1 Å². The molecule has 0 radical (unpaired) electrons. The van der Waals surface area contributed by atoms with E-state index >= 15 is 0 Å². The van der Waals surface area contributed by atoms with Crippen LogP contribution in [0.1, 0.15) is 64.9 Å². The van der Waals surface area contributed by atoms with Crippen molar-refractivity contribution in [1.29, 1.82) is 0 Å². The zero-order chi connectivity index (χ0) is 24.4. The average Bonchev–Trinajstić information content (AvgIpc) is 3.62. The van der Waals surface area contributed by atoms with E-state index in [-0.39, 0.29) is 23.8 Å². The van der Waals surface area contributed by atoms with Gasteiger partial charge in [0.1, 0.15) is 23.1 Å². The summed E-state index contributed by atoms with van der Waals surface area (Å²) in [5, 5.41) is 5.42. The van der Waals surface area contributed by atoms with Crippen LogP contribution in [0.15, 0.2) is 53.9 Å². The molecule has 0 bridgehead atoms. The first kappa shape index (κ1) is 23.5. The van der Waals surface area contributed by atoms with Gasteiger partial charge in [-0.05, 0) is 54.0 Å². The molecule has 7 heteroatoms. The number of hydrogen-bond acceptors (Lipinski definition) is 5. The van der Waals surface area contributed by atoms with E-state index in [1.165, 1.54) is 16.9 Å². The minimum absolute atomic E-state index is 0.104. The molecule has 0 saturated heterocycles. The molecule has 2 aliphatic rings. The SMILES string of the molecule is CC(C)CNC(=O)c1csc(COc2ccc3c(c2)[C@H](c2ccccc2)N(C(=O)C2CC2)CC3)n1. The van der Waals surface area contributed by atoms with Crippen LogP contribution in [0.3, 0.4) is 0 Å². The Hall–Kier alpha value is -3.19. The lowest BCUT2D eigenvalue weighted by atomic mass is 9.87. The molecule has 35 heavy (non-hydrogen) atoms. The van der Waals surface area contributed by atoms with Gasteiger partial charge in [-0.2, -0.15) is 0 Å². The number of aromatic nitrogens is 1. The van der Waals surface area contributed by atoms with Gasteiger partial charge in [-0.3, -0.25) is 9.59 Å². The lowest BCUT2D eigenvalue weighted by molar-refractivity contribution is -0.134. The van der Waals surface area contributed by atoms with Gasteiger partial charge >= 0.3 is 0 Å². The Morgan fingerprint density at radius 2 is 1.97 bits per heavy atom. The predicted octanol–water partition coefficient (Wildman–Crippen LogP) is 4.99. The number of carbonyl (C=O) groups excluding carboxylic acids is 2. The molecule has 1 atom stereocenters. The van der Waals surface area contributed by atoms with Gasteiger partial charge in [-0.25, -0.2) is 4.98 Å². The maximum atomic E-state index is 13.1. The molecule has 2 heterocycles. The van der Waals surface area contributed by atoms with Gasteiger partial charge in [0.25, 0.3) is 5.91 Å². The second kappa shape index (κ2) is 10.2. The van der Waals surface area contributed by atoms with Crippen LogP contribution in [0.25, 0.3) is 0 Å². The number of ether oxygens (including phenoxy) is 1. The van der Waals surface area contributed by atoms with Gasteiger partial charge in [0.05, 0.1) is 6.04 Å². The molecule has 1 aliphatic carbocycles. The second-order valence-corrected chi connectivity index (χ2v) is 10.7. The highest BCUT2D eigenvalue weighted by Gasteiger charge is 2.39. The summed E-state index contributed by atoms with van der Waals surface area (Å²) in [7, 11) is 0. The van der Waals surface area contributed by atoms with Crippen molar-refractivity contribution >= 4 is 23.2 Å². The highest BCUT2D eigenvalue weighted by atomic mass is 32.1. The van der Waals surface area contributed by atoms with E-state index in [0.29, 0.717) is 24.8 Å². The Kier molecular flexibility index (Phi) is 6.86.